The highest BCUT2D eigenvalue weighted by Gasteiger charge is 2.18. The molecule has 1 rings (SSSR count). The highest BCUT2D eigenvalue weighted by atomic mass is 32.2. The molecular weight excluding hydrogens is 296 g/mol. The van der Waals surface area contributed by atoms with Crippen LogP contribution in [-0.2, 0) is 9.84 Å². The number of para-hydroxylation sites is 1. The van der Waals surface area contributed by atoms with Gasteiger partial charge < -0.3 is 10.4 Å². The van der Waals surface area contributed by atoms with Gasteiger partial charge in [0.2, 0.25) is 0 Å². The van der Waals surface area contributed by atoms with Gasteiger partial charge in [-0.15, -0.1) is 0 Å². The van der Waals surface area contributed by atoms with E-state index in [0.29, 0.717) is 0 Å². The number of urea groups is 1. The molecule has 0 aliphatic heterocycles. The largest absolute Gasteiger partial charge is 0.478 e. The number of carbonyl (C=O) groups excluding carboxylic acids is 1. The van der Waals surface area contributed by atoms with E-state index in [1.165, 1.54) is 26.1 Å². The zero-order valence-corrected chi connectivity index (χ0v) is 12.7. The van der Waals surface area contributed by atoms with E-state index in [2.05, 4.69) is 5.32 Å². The van der Waals surface area contributed by atoms with Crippen LogP contribution in [0.5, 0.6) is 0 Å². The van der Waals surface area contributed by atoms with E-state index in [4.69, 9.17) is 5.11 Å². The first-order valence-electron chi connectivity index (χ1n) is 6.32. The molecule has 116 valence electrons. The molecule has 21 heavy (non-hydrogen) atoms. The first-order chi connectivity index (χ1) is 9.78. The van der Waals surface area contributed by atoms with Gasteiger partial charge >= 0.3 is 12.0 Å². The minimum atomic E-state index is -3.15. The number of hydrogen-bond donors (Lipinski definition) is 2. The smallest absolute Gasteiger partial charge is 0.337 e. The standard InChI is InChI=1S/C13H18N2O5S/c1-3-21(19,20)9-8-14-13(18)15(2)11-7-5-4-6-10(11)12(16)17/h4-7H,3,8-9H2,1-2H3,(H,14,18)(H,16,17). The topological polar surface area (TPSA) is 104 Å². The SMILES string of the molecule is CCS(=O)(=O)CCNC(=O)N(C)c1ccccc1C(=O)O. The average molecular weight is 314 g/mol. The molecule has 0 aromatic heterocycles. The van der Waals surface area contributed by atoms with Gasteiger partial charge in [0.25, 0.3) is 0 Å². The van der Waals surface area contributed by atoms with Crippen LogP contribution in [0.2, 0.25) is 0 Å². The van der Waals surface area contributed by atoms with Crippen LogP contribution in [0.25, 0.3) is 0 Å². The van der Waals surface area contributed by atoms with Crippen molar-refractivity contribution in [1.82, 2.24) is 5.32 Å². The van der Waals surface area contributed by atoms with Crippen LogP contribution >= 0.6 is 0 Å². The molecule has 0 unspecified atom stereocenters. The summed E-state index contributed by atoms with van der Waals surface area (Å²) in [5.74, 6) is -1.27. The maximum absolute atomic E-state index is 11.9. The molecule has 1 aromatic carbocycles. The zero-order chi connectivity index (χ0) is 16.0. The van der Waals surface area contributed by atoms with Crippen LogP contribution < -0.4 is 10.2 Å². The second-order valence-corrected chi connectivity index (χ2v) is 6.82. The molecule has 7 nitrogen and oxygen atoms in total. The fraction of sp³-hybridized carbons (Fsp3) is 0.385. The maximum atomic E-state index is 11.9. The fourth-order valence-electron chi connectivity index (χ4n) is 1.63. The quantitative estimate of drug-likeness (QED) is 0.814. The first kappa shape index (κ1) is 17.0. The van der Waals surface area contributed by atoms with Crippen molar-refractivity contribution >= 4 is 27.5 Å². The highest BCUT2D eigenvalue weighted by molar-refractivity contribution is 7.91. The van der Waals surface area contributed by atoms with Crippen molar-refractivity contribution in [2.24, 2.45) is 0 Å². The number of carboxylic acids is 1. The van der Waals surface area contributed by atoms with Gasteiger partial charge in [0.05, 0.1) is 17.0 Å². The molecule has 0 bridgehead atoms. The van der Waals surface area contributed by atoms with Crippen LogP contribution in [0.15, 0.2) is 24.3 Å². The molecule has 0 heterocycles. The Morgan fingerprint density at radius 2 is 1.90 bits per heavy atom. The summed E-state index contributed by atoms with van der Waals surface area (Å²) in [6, 6.07) is 5.52. The van der Waals surface area contributed by atoms with E-state index in [1.54, 1.807) is 12.1 Å². The number of nitrogens with zero attached hydrogens (tertiary/aromatic N) is 1. The number of hydrogen-bond acceptors (Lipinski definition) is 4. The molecule has 1 aromatic rings. The number of nitrogens with one attached hydrogen (secondary N) is 1. The maximum Gasteiger partial charge on any atom is 0.337 e. The summed E-state index contributed by atoms with van der Waals surface area (Å²) < 4.78 is 22.6. The molecule has 0 aliphatic rings. The van der Waals surface area contributed by atoms with Gasteiger partial charge in [-0.25, -0.2) is 18.0 Å². The highest BCUT2D eigenvalue weighted by Crippen LogP contribution is 2.19. The fourth-order valence-corrected chi connectivity index (χ4v) is 2.33. The molecule has 2 amide bonds. The number of carbonyl (C=O) groups is 2. The van der Waals surface area contributed by atoms with Crippen molar-refractivity contribution in [2.75, 3.05) is 30.0 Å². The predicted octanol–water partition coefficient (Wildman–Crippen LogP) is 0.965. The number of sulfone groups is 1. The van der Waals surface area contributed by atoms with Gasteiger partial charge in [-0.05, 0) is 12.1 Å². The zero-order valence-electron chi connectivity index (χ0n) is 11.9. The van der Waals surface area contributed by atoms with Crippen molar-refractivity contribution in [3.63, 3.8) is 0 Å². The average Bonchev–Trinajstić information content (AvgIpc) is 2.46. The third-order valence-corrected chi connectivity index (χ3v) is 4.64. The van der Waals surface area contributed by atoms with Gasteiger partial charge in [-0.1, -0.05) is 19.1 Å². The molecule has 0 atom stereocenters. The molecule has 8 heteroatoms. The van der Waals surface area contributed by atoms with Crippen molar-refractivity contribution in [3.05, 3.63) is 29.8 Å². The third kappa shape index (κ3) is 4.75. The Labute approximate surface area is 123 Å². The van der Waals surface area contributed by atoms with Gasteiger partial charge in [-0.2, -0.15) is 0 Å². The summed E-state index contributed by atoms with van der Waals surface area (Å²) in [4.78, 5) is 24.2. The van der Waals surface area contributed by atoms with E-state index in [9.17, 15) is 18.0 Å². The Hall–Kier alpha value is -2.09. The van der Waals surface area contributed by atoms with Gasteiger partial charge in [0.1, 0.15) is 0 Å². The molecular formula is C13H18N2O5S. The Bertz CT molecular complexity index is 627. The van der Waals surface area contributed by atoms with Crippen LogP contribution in [0, 0.1) is 0 Å². The van der Waals surface area contributed by atoms with E-state index >= 15 is 0 Å². The number of anilines is 1. The second-order valence-electron chi connectivity index (χ2n) is 4.35. The van der Waals surface area contributed by atoms with Crippen molar-refractivity contribution in [2.45, 2.75) is 6.92 Å². The van der Waals surface area contributed by atoms with E-state index < -0.39 is 21.8 Å². The van der Waals surface area contributed by atoms with Gasteiger partial charge in [-0.3, -0.25) is 4.90 Å². The lowest BCUT2D eigenvalue weighted by Gasteiger charge is -2.19. The van der Waals surface area contributed by atoms with E-state index in [1.807, 2.05) is 0 Å². The number of aromatic carboxylic acids is 1. The Morgan fingerprint density at radius 1 is 1.29 bits per heavy atom. The Kier molecular flexibility index (Phi) is 5.71. The van der Waals surface area contributed by atoms with Gasteiger partial charge in [0, 0.05) is 19.3 Å². The lowest BCUT2D eigenvalue weighted by molar-refractivity contribution is 0.0697. The van der Waals surface area contributed by atoms with Crippen molar-refractivity contribution in [3.8, 4) is 0 Å². The van der Waals surface area contributed by atoms with E-state index in [0.717, 1.165) is 4.90 Å². The van der Waals surface area contributed by atoms with Crippen molar-refractivity contribution < 1.29 is 23.1 Å². The Morgan fingerprint density at radius 3 is 2.48 bits per heavy atom. The summed E-state index contributed by atoms with van der Waals surface area (Å²) in [7, 11) is -1.73. The summed E-state index contributed by atoms with van der Waals surface area (Å²) in [5.41, 5.74) is 0.233. The van der Waals surface area contributed by atoms with E-state index in [-0.39, 0.29) is 29.3 Å². The van der Waals surface area contributed by atoms with Crippen LogP contribution in [0.4, 0.5) is 10.5 Å². The number of amides is 2. The summed E-state index contributed by atoms with van der Waals surface area (Å²) in [6.07, 6.45) is 0. The minimum Gasteiger partial charge on any atom is -0.478 e. The minimum absolute atomic E-state index is 0.00340. The molecule has 0 radical (unpaired) electrons. The molecule has 0 aliphatic carbocycles. The second kappa shape index (κ2) is 7.07. The number of rotatable bonds is 6. The van der Waals surface area contributed by atoms with Gasteiger partial charge in [0.15, 0.2) is 9.84 Å². The third-order valence-electron chi connectivity index (χ3n) is 2.93. The molecule has 0 fully saturated rings. The molecule has 0 saturated carbocycles. The monoisotopic (exact) mass is 314 g/mol. The molecule has 0 spiro atoms. The molecule has 0 saturated heterocycles. The Balaban J connectivity index is 2.74. The lowest BCUT2D eigenvalue weighted by atomic mass is 10.1. The summed E-state index contributed by atoms with van der Waals surface area (Å²) in [5, 5.41) is 11.5. The van der Waals surface area contributed by atoms with Crippen LogP contribution in [0.1, 0.15) is 17.3 Å². The van der Waals surface area contributed by atoms with Crippen LogP contribution in [0.3, 0.4) is 0 Å². The normalized spacial score (nSPS) is 11.0. The lowest BCUT2D eigenvalue weighted by Crippen LogP contribution is -2.40. The predicted molar refractivity (Wildman–Crippen MR) is 79.5 cm³/mol. The van der Waals surface area contributed by atoms with Crippen LogP contribution in [-0.4, -0.2) is 50.6 Å². The number of benzene rings is 1. The molecule has 2 N–H and O–H groups in total. The van der Waals surface area contributed by atoms with Crippen molar-refractivity contribution in [1.29, 1.82) is 0 Å². The number of carboxylic acid groups (broad SMARTS) is 1. The summed E-state index contributed by atoms with van der Waals surface area (Å²) in [6.45, 7) is 1.51. The summed E-state index contributed by atoms with van der Waals surface area (Å²) >= 11 is 0. The first-order valence-corrected chi connectivity index (χ1v) is 8.15.